The van der Waals surface area contributed by atoms with Crippen LogP contribution in [0.4, 0.5) is 0 Å². The Balaban J connectivity index is 2.24. The van der Waals surface area contributed by atoms with Gasteiger partial charge in [0.05, 0.1) is 0 Å². The zero-order valence-electron chi connectivity index (χ0n) is 9.22. The second-order valence-corrected chi connectivity index (χ2v) is 4.61. The van der Waals surface area contributed by atoms with Crippen LogP contribution in [-0.2, 0) is 0 Å². The molecule has 0 aromatic carbocycles. The van der Waals surface area contributed by atoms with E-state index in [1.54, 1.807) is 0 Å². The van der Waals surface area contributed by atoms with Gasteiger partial charge in [-0.05, 0) is 32.1 Å². The summed E-state index contributed by atoms with van der Waals surface area (Å²) in [5.41, 5.74) is 5.87. The zero-order chi connectivity index (χ0) is 9.84. The molecule has 0 radical (unpaired) electrons. The molecule has 2 heteroatoms. The van der Waals surface area contributed by atoms with Crippen molar-refractivity contribution in [2.75, 3.05) is 0 Å². The summed E-state index contributed by atoms with van der Waals surface area (Å²) in [6.07, 6.45) is 4.89. The maximum Gasteiger partial charge on any atom is 0.00849 e. The van der Waals surface area contributed by atoms with E-state index in [0.29, 0.717) is 18.1 Å². The van der Waals surface area contributed by atoms with Crippen LogP contribution in [0.15, 0.2) is 0 Å². The normalized spacial score (nSPS) is 33.2. The summed E-state index contributed by atoms with van der Waals surface area (Å²) in [5.74, 6) is 0.775. The van der Waals surface area contributed by atoms with Gasteiger partial charge in [-0.15, -0.1) is 0 Å². The molecule has 0 aromatic rings. The maximum atomic E-state index is 5.87. The molecule has 0 bridgehead atoms. The monoisotopic (exact) mass is 184 g/mol. The Morgan fingerprint density at radius 2 is 2.08 bits per heavy atom. The van der Waals surface area contributed by atoms with Crippen molar-refractivity contribution in [3.05, 3.63) is 0 Å². The minimum absolute atomic E-state index is 0.446. The molecular weight excluding hydrogens is 160 g/mol. The van der Waals surface area contributed by atoms with Gasteiger partial charge in [-0.2, -0.15) is 0 Å². The summed E-state index contributed by atoms with van der Waals surface area (Å²) in [6.45, 7) is 6.85. The summed E-state index contributed by atoms with van der Waals surface area (Å²) >= 11 is 0. The first-order valence-corrected chi connectivity index (χ1v) is 5.65. The number of nitrogens with one attached hydrogen (secondary N) is 1. The summed E-state index contributed by atoms with van der Waals surface area (Å²) < 4.78 is 0. The van der Waals surface area contributed by atoms with Crippen LogP contribution in [0.5, 0.6) is 0 Å². The third kappa shape index (κ3) is 3.28. The average Bonchev–Trinajstić information content (AvgIpc) is 2.49. The molecule has 78 valence electrons. The molecule has 1 rings (SSSR count). The molecule has 0 aliphatic heterocycles. The lowest BCUT2D eigenvalue weighted by atomic mass is 10.00. The van der Waals surface area contributed by atoms with Gasteiger partial charge in [-0.3, -0.25) is 0 Å². The Morgan fingerprint density at radius 3 is 2.54 bits per heavy atom. The van der Waals surface area contributed by atoms with Crippen molar-refractivity contribution < 1.29 is 0 Å². The molecule has 0 saturated heterocycles. The van der Waals surface area contributed by atoms with Gasteiger partial charge < -0.3 is 11.1 Å². The molecule has 0 spiro atoms. The van der Waals surface area contributed by atoms with Gasteiger partial charge in [-0.1, -0.05) is 20.3 Å². The topological polar surface area (TPSA) is 38.0 Å². The fourth-order valence-corrected chi connectivity index (χ4v) is 2.06. The Labute approximate surface area is 82.3 Å². The minimum Gasteiger partial charge on any atom is -0.328 e. The first-order valence-electron chi connectivity index (χ1n) is 5.65. The molecule has 4 unspecified atom stereocenters. The van der Waals surface area contributed by atoms with Crippen LogP contribution in [0.1, 0.15) is 46.5 Å². The van der Waals surface area contributed by atoms with E-state index in [4.69, 9.17) is 5.73 Å². The predicted octanol–water partition coefficient (Wildman–Crippen LogP) is 1.89. The lowest BCUT2D eigenvalue weighted by Crippen LogP contribution is -2.39. The van der Waals surface area contributed by atoms with Crippen LogP contribution in [0.2, 0.25) is 0 Å². The molecule has 1 aliphatic carbocycles. The minimum atomic E-state index is 0.446. The van der Waals surface area contributed by atoms with Gasteiger partial charge in [0.2, 0.25) is 0 Å². The molecule has 0 aromatic heterocycles. The predicted molar refractivity (Wildman–Crippen MR) is 57.7 cm³/mol. The number of nitrogens with two attached hydrogens (primary N) is 1. The smallest absolute Gasteiger partial charge is 0.00849 e. The first kappa shape index (κ1) is 11.0. The third-order valence-corrected chi connectivity index (χ3v) is 3.47. The van der Waals surface area contributed by atoms with Crippen LogP contribution < -0.4 is 11.1 Å². The van der Waals surface area contributed by atoms with Crippen molar-refractivity contribution in [2.45, 2.75) is 64.6 Å². The van der Waals surface area contributed by atoms with Gasteiger partial charge in [0.25, 0.3) is 0 Å². The average molecular weight is 184 g/mol. The highest BCUT2D eigenvalue weighted by atomic mass is 15.0. The van der Waals surface area contributed by atoms with E-state index in [9.17, 15) is 0 Å². The summed E-state index contributed by atoms with van der Waals surface area (Å²) in [7, 11) is 0. The first-order chi connectivity index (χ1) is 6.13. The lowest BCUT2D eigenvalue weighted by molar-refractivity contribution is 0.347. The third-order valence-electron chi connectivity index (χ3n) is 3.47. The van der Waals surface area contributed by atoms with Crippen molar-refractivity contribution in [1.29, 1.82) is 0 Å². The highest BCUT2D eigenvalue weighted by Gasteiger charge is 2.23. The van der Waals surface area contributed by atoms with Gasteiger partial charge in [0.15, 0.2) is 0 Å². The zero-order valence-corrected chi connectivity index (χ0v) is 9.22. The molecule has 3 N–H and O–H groups in total. The molecule has 13 heavy (non-hydrogen) atoms. The number of hydrogen-bond donors (Lipinski definition) is 2. The van der Waals surface area contributed by atoms with Gasteiger partial charge >= 0.3 is 0 Å². The van der Waals surface area contributed by atoms with Gasteiger partial charge in [0.1, 0.15) is 0 Å². The molecule has 2 nitrogen and oxygen atoms in total. The van der Waals surface area contributed by atoms with E-state index in [-0.39, 0.29) is 0 Å². The number of hydrogen-bond acceptors (Lipinski definition) is 2. The molecule has 4 atom stereocenters. The molecular formula is C11H24N2. The fourth-order valence-electron chi connectivity index (χ4n) is 2.06. The van der Waals surface area contributed by atoms with E-state index in [1.165, 1.54) is 25.7 Å². The molecule has 1 fully saturated rings. The molecule has 0 heterocycles. The van der Waals surface area contributed by atoms with Crippen LogP contribution >= 0.6 is 0 Å². The van der Waals surface area contributed by atoms with E-state index in [0.717, 1.165) is 5.92 Å². The summed E-state index contributed by atoms with van der Waals surface area (Å²) in [4.78, 5) is 0. The summed E-state index contributed by atoms with van der Waals surface area (Å²) in [5, 5.41) is 3.68. The molecule has 1 saturated carbocycles. The van der Waals surface area contributed by atoms with Crippen molar-refractivity contribution in [2.24, 2.45) is 11.7 Å². The summed E-state index contributed by atoms with van der Waals surface area (Å²) in [6, 6.07) is 1.76. The Kier molecular flexibility index (Phi) is 4.20. The largest absolute Gasteiger partial charge is 0.328 e. The fraction of sp³-hybridized carbons (Fsp3) is 1.00. The van der Waals surface area contributed by atoms with Crippen molar-refractivity contribution >= 4 is 0 Å². The molecule has 0 amide bonds. The maximum absolute atomic E-state index is 5.87. The van der Waals surface area contributed by atoms with Crippen LogP contribution in [0.3, 0.4) is 0 Å². The second-order valence-electron chi connectivity index (χ2n) is 4.61. The Bertz CT molecular complexity index is 147. The quantitative estimate of drug-likeness (QED) is 0.700. The second kappa shape index (κ2) is 4.97. The van der Waals surface area contributed by atoms with Crippen LogP contribution in [-0.4, -0.2) is 18.1 Å². The Hall–Kier alpha value is -0.0800. The van der Waals surface area contributed by atoms with Gasteiger partial charge in [0, 0.05) is 18.1 Å². The van der Waals surface area contributed by atoms with E-state index >= 15 is 0 Å². The van der Waals surface area contributed by atoms with Crippen molar-refractivity contribution in [3.63, 3.8) is 0 Å². The highest BCUT2D eigenvalue weighted by molar-refractivity contribution is 4.85. The van der Waals surface area contributed by atoms with Crippen molar-refractivity contribution in [1.82, 2.24) is 5.32 Å². The van der Waals surface area contributed by atoms with Crippen LogP contribution in [0.25, 0.3) is 0 Å². The van der Waals surface area contributed by atoms with E-state index in [1.807, 2.05) is 0 Å². The lowest BCUT2D eigenvalue weighted by Gasteiger charge is -2.24. The SMILES string of the molecule is CCC(C)C(C)NC1CCC(N)C1. The van der Waals surface area contributed by atoms with E-state index in [2.05, 4.69) is 26.1 Å². The Morgan fingerprint density at radius 1 is 1.38 bits per heavy atom. The highest BCUT2D eigenvalue weighted by Crippen LogP contribution is 2.19. The number of rotatable bonds is 4. The standard InChI is InChI=1S/C11H24N2/c1-4-8(2)9(3)13-11-6-5-10(12)7-11/h8-11,13H,4-7,12H2,1-3H3. The van der Waals surface area contributed by atoms with E-state index < -0.39 is 0 Å². The van der Waals surface area contributed by atoms with Crippen molar-refractivity contribution in [3.8, 4) is 0 Å². The van der Waals surface area contributed by atoms with Gasteiger partial charge in [-0.25, -0.2) is 0 Å². The molecule has 1 aliphatic rings. The van der Waals surface area contributed by atoms with Crippen LogP contribution in [0, 0.1) is 5.92 Å².